The summed E-state index contributed by atoms with van der Waals surface area (Å²) in [4.78, 5) is 21.9. The normalized spacial score (nSPS) is 22.6. The lowest BCUT2D eigenvalue weighted by Crippen LogP contribution is -2.25. The monoisotopic (exact) mass is 273 g/mol. The molecule has 1 aliphatic carbocycles. The number of carboxylic acids is 1. The van der Waals surface area contributed by atoms with Crippen molar-refractivity contribution in [2.45, 2.75) is 25.2 Å². The van der Waals surface area contributed by atoms with Gasteiger partial charge in [-0.25, -0.2) is 4.98 Å². The average Bonchev–Trinajstić information content (AvgIpc) is 2.99. The largest absolute Gasteiger partial charge is 0.481 e. The van der Waals surface area contributed by atoms with Crippen LogP contribution in [-0.2, 0) is 4.79 Å². The maximum absolute atomic E-state index is 11.1. The zero-order valence-corrected chi connectivity index (χ0v) is 10.9. The lowest BCUT2D eigenvalue weighted by atomic mass is 10.1. The molecule has 20 heavy (non-hydrogen) atoms. The summed E-state index contributed by atoms with van der Waals surface area (Å²) in [6, 6.07) is 2.05. The predicted molar refractivity (Wildman–Crippen MR) is 70.7 cm³/mol. The summed E-state index contributed by atoms with van der Waals surface area (Å²) < 4.78 is 1.70. The molecule has 1 saturated heterocycles. The highest BCUT2D eigenvalue weighted by molar-refractivity contribution is 5.72. The highest BCUT2D eigenvalue weighted by atomic mass is 16.4. The van der Waals surface area contributed by atoms with Crippen molar-refractivity contribution in [3.05, 3.63) is 18.1 Å². The molecule has 1 saturated carbocycles. The van der Waals surface area contributed by atoms with Crippen LogP contribution < -0.4 is 4.90 Å². The second-order valence-corrected chi connectivity index (χ2v) is 5.56. The summed E-state index contributed by atoms with van der Waals surface area (Å²) in [5, 5.41) is 13.3. The van der Waals surface area contributed by atoms with Gasteiger partial charge in [-0.3, -0.25) is 4.79 Å². The van der Waals surface area contributed by atoms with Crippen LogP contribution in [0.4, 0.5) is 5.82 Å². The highest BCUT2D eigenvalue weighted by Crippen LogP contribution is 2.40. The third-order valence-electron chi connectivity index (χ3n) is 4.11. The number of nitrogens with zero attached hydrogens (tertiary/aromatic N) is 5. The molecule has 1 N–H and O–H groups in total. The molecule has 1 aliphatic heterocycles. The van der Waals surface area contributed by atoms with Crippen LogP contribution in [0.1, 0.15) is 30.9 Å². The van der Waals surface area contributed by atoms with Crippen molar-refractivity contribution < 1.29 is 9.90 Å². The number of rotatable bonds is 3. The molecule has 4 rings (SSSR count). The van der Waals surface area contributed by atoms with Gasteiger partial charge in [-0.1, -0.05) is 0 Å². The van der Waals surface area contributed by atoms with Gasteiger partial charge in [0.2, 0.25) is 0 Å². The average molecular weight is 273 g/mol. The maximum atomic E-state index is 11.1. The number of hydrogen-bond acceptors (Lipinski definition) is 5. The van der Waals surface area contributed by atoms with Crippen molar-refractivity contribution in [1.82, 2.24) is 19.6 Å². The third kappa shape index (κ3) is 1.81. The minimum Gasteiger partial charge on any atom is -0.481 e. The van der Waals surface area contributed by atoms with E-state index in [0.29, 0.717) is 24.7 Å². The fourth-order valence-corrected chi connectivity index (χ4v) is 2.80. The van der Waals surface area contributed by atoms with Crippen LogP contribution in [0.3, 0.4) is 0 Å². The molecule has 3 heterocycles. The van der Waals surface area contributed by atoms with E-state index in [9.17, 15) is 4.79 Å². The summed E-state index contributed by atoms with van der Waals surface area (Å²) in [5.41, 5.74) is 1.05. The third-order valence-corrected chi connectivity index (χ3v) is 4.11. The molecule has 0 radical (unpaired) electrons. The van der Waals surface area contributed by atoms with Gasteiger partial charge >= 0.3 is 5.97 Å². The van der Waals surface area contributed by atoms with Gasteiger partial charge in [-0.2, -0.15) is 14.6 Å². The molecular weight excluding hydrogens is 258 g/mol. The zero-order valence-electron chi connectivity index (χ0n) is 10.9. The van der Waals surface area contributed by atoms with E-state index >= 15 is 0 Å². The predicted octanol–water partition coefficient (Wildman–Crippen LogP) is 0.913. The van der Waals surface area contributed by atoms with Gasteiger partial charge < -0.3 is 10.0 Å². The number of fused-ring (bicyclic) bond motifs is 1. The van der Waals surface area contributed by atoms with E-state index in [2.05, 4.69) is 20.0 Å². The highest BCUT2D eigenvalue weighted by Gasteiger charge is 2.32. The van der Waals surface area contributed by atoms with E-state index in [1.54, 1.807) is 4.52 Å². The zero-order chi connectivity index (χ0) is 13.7. The van der Waals surface area contributed by atoms with Crippen molar-refractivity contribution in [2.24, 2.45) is 5.92 Å². The molecule has 0 spiro atoms. The van der Waals surface area contributed by atoms with Crippen LogP contribution in [0.15, 0.2) is 12.4 Å². The van der Waals surface area contributed by atoms with E-state index in [0.717, 1.165) is 18.1 Å². The lowest BCUT2D eigenvalue weighted by molar-refractivity contribution is -0.140. The van der Waals surface area contributed by atoms with Crippen LogP contribution in [0.2, 0.25) is 0 Å². The summed E-state index contributed by atoms with van der Waals surface area (Å²) in [6.45, 7) is 1.26. The smallest absolute Gasteiger partial charge is 0.308 e. The Morgan fingerprint density at radius 3 is 2.90 bits per heavy atom. The second-order valence-electron chi connectivity index (χ2n) is 5.56. The van der Waals surface area contributed by atoms with Gasteiger partial charge in [-0.05, 0) is 19.3 Å². The molecule has 2 fully saturated rings. The first-order valence-corrected chi connectivity index (χ1v) is 6.91. The molecule has 2 aromatic heterocycles. The van der Waals surface area contributed by atoms with E-state index in [1.807, 2.05) is 6.07 Å². The van der Waals surface area contributed by atoms with Gasteiger partial charge in [0.05, 0.1) is 11.6 Å². The van der Waals surface area contributed by atoms with E-state index < -0.39 is 5.97 Å². The standard InChI is InChI=1S/C13H15N5O2/c19-12(20)9-3-4-17(6-9)11-5-10(8-1-2-8)16-13-14-7-15-18(11)13/h5,7-9H,1-4,6H2,(H,19,20)/t9-/m0/s1. The minimum absolute atomic E-state index is 0.300. The fraction of sp³-hybridized carbons (Fsp3) is 0.538. The Labute approximate surface area is 115 Å². The first-order chi connectivity index (χ1) is 9.72. The number of anilines is 1. The number of aliphatic carboxylic acids is 1. The summed E-state index contributed by atoms with van der Waals surface area (Å²) in [6.07, 6.45) is 4.52. The molecule has 0 bridgehead atoms. The Kier molecular flexibility index (Phi) is 2.42. The SMILES string of the molecule is O=C(O)[C@H]1CCN(c2cc(C3CC3)nc3ncnn23)C1. The first kappa shape index (κ1) is 11.6. The van der Waals surface area contributed by atoms with Crippen molar-refractivity contribution in [3.63, 3.8) is 0 Å². The maximum Gasteiger partial charge on any atom is 0.308 e. The summed E-state index contributed by atoms with van der Waals surface area (Å²) in [5.74, 6) is 1.03. The van der Waals surface area contributed by atoms with Gasteiger partial charge in [-0.15, -0.1) is 0 Å². The van der Waals surface area contributed by atoms with Gasteiger partial charge in [0.15, 0.2) is 0 Å². The lowest BCUT2D eigenvalue weighted by Gasteiger charge is -2.19. The molecule has 7 nitrogen and oxygen atoms in total. The van der Waals surface area contributed by atoms with Crippen LogP contribution in [0.25, 0.3) is 5.78 Å². The molecule has 104 valence electrons. The van der Waals surface area contributed by atoms with Crippen molar-refractivity contribution >= 4 is 17.6 Å². The van der Waals surface area contributed by atoms with Crippen LogP contribution in [0, 0.1) is 5.92 Å². The molecule has 0 aromatic carbocycles. The number of carbonyl (C=O) groups is 1. The minimum atomic E-state index is -0.723. The Morgan fingerprint density at radius 2 is 2.20 bits per heavy atom. The van der Waals surface area contributed by atoms with Gasteiger partial charge in [0.1, 0.15) is 12.1 Å². The summed E-state index contributed by atoms with van der Waals surface area (Å²) in [7, 11) is 0. The second kappa shape index (κ2) is 4.16. The van der Waals surface area contributed by atoms with Crippen molar-refractivity contribution in [3.8, 4) is 0 Å². The van der Waals surface area contributed by atoms with Gasteiger partial charge in [0, 0.05) is 25.1 Å². The van der Waals surface area contributed by atoms with Crippen LogP contribution in [0.5, 0.6) is 0 Å². The molecule has 0 amide bonds. The first-order valence-electron chi connectivity index (χ1n) is 6.91. The fourth-order valence-electron chi connectivity index (χ4n) is 2.80. The molecule has 2 aromatic rings. The van der Waals surface area contributed by atoms with E-state index in [-0.39, 0.29) is 5.92 Å². The number of aromatic nitrogens is 4. The van der Waals surface area contributed by atoms with Crippen LogP contribution >= 0.6 is 0 Å². The summed E-state index contributed by atoms with van der Waals surface area (Å²) >= 11 is 0. The van der Waals surface area contributed by atoms with E-state index in [4.69, 9.17) is 5.11 Å². The van der Waals surface area contributed by atoms with E-state index in [1.165, 1.54) is 19.2 Å². The number of hydrogen-bond donors (Lipinski definition) is 1. The Balaban J connectivity index is 1.74. The van der Waals surface area contributed by atoms with Crippen molar-refractivity contribution in [1.29, 1.82) is 0 Å². The Bertz CT molecular complexity index is 678. The molecule has 0 unspecified atom stereocenters. The molecule has 1 atom stereocenters. The molecule has 7 heteroatoms. The van der Waals surface area contributed by atoms with Crippen LogP contribution in [-0.4, -0.2) is 43.7 Å². The quantitative estimate of drug-likeness (QED) is 0.895. The molecular formula is C13H15N5O2. The Morgan fingerprint density at radius 1 is 1.35 bits per heavy atom. The van der Waals surface area contributed by atoms with Crippen molar-refractivity contribution in [2.75, 3.05) is 18.0 Å². The number of carboxylic acid groups (broad SMARTS) is 1. The van der Waals surface area contributed by atoms with Gasteiger partial charge in [0.25, 0.3) is 5.78 Å². The Hall–Kier alpha value is -2.18. The molecule has 2 aliphatic rings. The topological polar surface area (TPSA) is 83.6 Å².